The number of rotatable bonds is 5. The number of halogens is 1. The molecule has 0 aliphatic heterocycles. The van der Waals surface area contributed by atoms with Gasteiger partial charge in [0.15, 0.2) is 0 Å². The molecule has 0 bridgehead atoms. The van der Waals surface area contributed by atoms with Crippen molar-refractivity contribution < 1.29 is 9.69 Å². The molecule has 4 heteroatoms. The van der Waals surface area contributed by atoms with Crippen LogP contribution in [-0.2, 0) is 13.1 Å². The molecule has 0 spiro atoms. The molecular formula is C17H20BrN2O+. The quantitative estimate of drug-likeness (QED) is 0.852. The molecule has 1 unspecified atom stereocenters. The van der Waals surface area contributed by atoms with Crippen LogP contribution in [0.2, 0.25) is 0 Å². The fourth-order valence-electron chi connectivity index (χ4n) is 2.28. The van der Waals surface area contributed by atoms with E-state index < -0.39 is 0 Å². The number of amides is 1. The summed E-state index contributed by atoms with van der Waals surface area (Å²) in [5, 5.41) is 2.63. The van der Waals surface area contributed by atoms with Gasteiger partial charge in [-0.1, -0.05) is 40.2 Å². The van der Waals surface area contributed by atoms with Crippen LogP contribution in [0.25, 0.3) is 0 Å². The standard InChI is InChI=1S/C17H19BrN2O/c1-19-17(21)15-7-3-13(4-8-15)11-20(2)12-14-5-9-16(18)10-6-14/h3-10H,11-12H2,1-2H3,(H,19,21)/p+1. The monoisotopic (exact) mass is 347 g/mol. The van der Waals surface area contributed by atoms with Gasteiger partial charge in [-0.15, -0.1) is 0 Å². The molecule has 0 saturated carbocycles. The molecule has 0 radical (unpaired) electrons. The largest absolute Gasteiger partial charge is 0.355 e. The van der Waals surface area contributed by atoms with Gasteiger partial charge in [0.05, 0.1) is 7.05 Å². The van der Waals surface area contributed by atoms with Crippen molar-refractivity contribution in [3.05, 3.63) is 69.7 Å². The maximum Gasteiger partial charge on any atom is 0.251 e. The molecule has 0 aliphatic rings. The van der Waals surface area contributed by atoms with Crippen molar-refractivity contribution >= 4 is 21.8 Å². The number of nitrogens with one attached hydrogen (secondary N) is 2. The number of benzene rings is 2. The molecule has 1 atom stereocenters. The Balaban J connectivity index is 1.94. The van der Waals surface area contributed by atoms with E-state index in [4.69, 9.17) is 0 Å². The maximum absolute atomic E-state index is 11.5. The van der Waals surface area contributed by atoms with Crippen LogP contribution in [0, 0.1) is 0 Å². The normalized spacial score (nSPS) is 12.0. The zero-order valence-electron chi connectivity index (χ0n) is 12.3. The summed E-state index contributed by atoms with van der Waals surface area (Å²) in [5.74, 6) is -0.0443. The lowest BCUT2D eigenvalue weighted by Gasteiger charge is -2.14. The van der Waals surface area contributed by atoms with Gasteiger partial charge in [0.25, 0.3) is 5.91 Å². The first-order chi connectivity index (χ1) is 10.1. The van der Waals surface area contributed by atoms with Gasteiger partial charge in [0, 0.05) is 28.2 Å². The Morgan fingerprint density at radius 1 is 1.00 bits per heavy atom. The van der Waals surface area contributed by atoms with Crippen LogP contribution in [0.15, 0.2) is 53.0 Å². The second-order valence-electron chi connectivity index (χ2n) is 5.21. The van der Waals surface area contributed by atoms with Gasteiger partial charge in [0.1, 0.15) is 13.1 Å². The molecule has 2 rings (SSSR count). The van der Waals surface area contributed by atoms with Crippen molar-refractivity contribution in [1.82, 2.24) is 5.32 Å². The third kappa shape index (κ3) is 4.69. The van der Waals surface area contributed by atoms with Crippen LogP contribution < -0.4 is 10.2 Å². The summed E-state index contributed by atoms with van der Waals surface area (Å²) >= 11 is 3.45. The molecule has 0 aromatic heterocycles. The van der Waals surface area contributed by atoms with E-state index in [9.17, 15) is 4.79 Å². The summed E-state index contributed by atoms with van der Waals surface area (Å²) in [5.41, 5.74) is 3.25. The number of hydrogen-bond donors (Lipinski definition) is 2. The summed E-state index contributed by atoms with van der Waals surface area (Å²) in [7, 11) is 3.82. The Labute approximate surface area is 134 Å². The van der Waals surface area contributed by atoms with Gasteiger partial charge in [-0.05, 0) is 24.3 Å². The third-order valence-corrected chi connectivity index (χ3v) is 3.90. The van der Waals surface area contributed by atoms with Crippen molar-refractivity contribution in [1.29, 1.82) is 0 Å². The Hall–Kier alpha value is -1.65. The molecule has 110 valence electrons. The molecule has 2 aromatic rings. The van der Waals surface area contributed by atoms with Crippen molar-refractivity contribution in [2.45, 2.75) is 13.1 Å². The molecule has 0 aliphatic carbocycles. The molecule has 2 N–H and O–H groups in total. The highest BCUT2D eigenvalue weighted by Crippen LogP contribution is 2.09. The first kappa shape index (κ1) is 15.7. The van der Waals surface area contributed by atoms with Gasteiger partial charge < -0.3 is 10.2 Å². The van der Waals surface area contributed by atoms with E-state index in [0.29, 0.717) is 5.56 Å². The Bertz CT molecular complexity index is 593. The molecule has 1 amide bonds. The van der Waals surface area contributed by atoms with Gasteiger partial charge in [-0.2, -0.15) is 0 Å². The Morgan fingerprint density at radius 3 is 1.95 bits per heavy atom. The first-order valence-corrected chi connectivity index (χ1v) is 7.74. The number of carbonyl (C=O) groups is 1. The molecule has 3 nitrogen and oxygen atoms in total. The average molecular weight is 348 g/mol. The fourth-order valence-corrected chi connectivity index (χ4v) is 2.54. The van der Waals surface area contributed by atoms with Crippen LogP contribution >= 0.6 is 15.9 Å². The van der Waals surface area contributed by atoms with E-state index in [-0.39, 0.29) is 5.91 Å². The van der Waals surface area contributed by atoms with Gasteiger partial charge in [0.2, 0.25) is 0 Å². The van der Waals surface area contributed by atoms with E-state index in [0.717, 1.165) is 17.6 Å². The maximum atomic E-state index is 11.5. The van der Waals surface area contributed by atoms with E-state index in [2.05, 4.69) is 52.6 Å². The number of hydrogen-bond acceptors (Lipinski definition) is 1. The lowest BCUT2D eigenvalue weighted by atomic mass is 10.1. The number of quaternary nitrogens is 1. The van der Waals surface area contributed by atoms with Crippen molar-refractivity contribution in [3.63, 3.8) is 0 Å². The van der Waals surface area contributed by atoms with E-state index in [1.165, 1.54) is 16.0 Å². The SMILES string of the molecule is CNC(=O)c1ccc(C[NH+](C)Cc2ccc(Br)cc2)cc1. The lowest BCUT2D eigenvalue weighted by Crippen LogP contribution is -3.06. The third-order valence-electron chi connectivity index (χ3n) is 3.37. The van der Waals surface area contributed by atoms with Gasteiger partial charge in [-0.25, -0.2) is 0 Å². The molecular weight excluding hydrogens is 328 g/mol. The predicted octanol–water partition coefficient (Wildman–Crippen LogP) is 2.02. The molecule has 2 aromatic carbocycles. The lowest BCUT2D eigenvalue weighted by molar-refractivity contribution is -0.907. The fraction of sp³-hybridized carbons (Fsp3) is 0.235. The summed E-state index contributed by atoms with van der Waals surface area (Å²) in [6.45, 7) is 1.91. The summed E-state index contributed by atoms with van der Waals surface area (Å²) in [6.07, 6.45) is 0. The van der Waals surface area contributed by atoms with Crippen molar-refractivity contribution in [2.75, 3.05) is 14.1 Å². The smallest absolute Gasteiger partial charge is 0.251 e. The minimum absolute atomic E-state index is 0.0443. The van der Waals surface area contributed by atoms with Crippen molar-refractivity contribution in [3.8, 4) is 0 Å². The van der Waals surface area contributed by atoms with E-state index >= 15 is 0 Å². The van der Waals surface area contributed by atoms with Gasteiger partial charge >= 0.3 is 0 Å². The van der Waals surface area contributed by atoms with Crippen LogP contribution in [0.4, 0.5) is 0 Å². The van der Waals surface area contributed by atoms with Crippen LogP contribution in [0.3, 0.4) is 0 Å². The van der Waals surface area contributed by atoms with Crippen LogP contribution in [-0.4, -0.2) is 20.0 Å². The van der Waals surface area contributed by atoms with Crippen LogP contribution in [0.5, 0.6) is 0 Å². The van der Waals surface area contributed by atoms with Crippen molar-refractivity contribution in [2.24, 2.45) is 0 Å². The van der Waals surface area contributed by atoms with E-state index in [1.54, 1.807) is 7.05 Å². The zero-order chi connectivity index (χ0) is 15.2. The average Bonchev–Trinajstić information content (AvgIpc) is 2.49. The second kappa shape index (κ2) is 7.38. The Morgan fingerprint density at radius 2 is 1.48 bits per heavy atom. The zero-order valence-corrected chi connectivity index (χ0v) is 13.9. The number of carbonyl (C=O) groups excluding carboxylic acids is 1. The Kier molecular flexibility index (Phi) is 5.53. The first-order valence-electron chi connectivity index (χ1n) is 6.95. The summed E-state index contributed by atoms with van der Waals surface area (Å²) in [4.78, 5) is 12.9. The highest BCUT2D eigenvalue weighted by molar-refractivity contribution is 9.10. The molecule has 0 heterocycles. The minimum Gasteiger partial charge on any atom is -0.355 e. The highest BCUT2D eigenvalue weighted by atomic mass is 79.9. The summed E-state index contributed by atoms with van der Waals surface area (Å²) in [6, 6.07) is 16.2. The molecule has 0 fully saturated rings. The van der Waals surface area contributed by atoms with Crippen LogP contribution in [0.1, 0.15) is 21.5 Å². The molecule has 0 saturated heterocycles. The molecule has 21 heavy (non-hydrogen) atoms. The summed E-state index contributed by atoms with van der Waals surface area (Å²) < 4.78 is 1.11. The second-order valence-corrected chi connectivity index (χ2v) is 6.13. The minimum atomic E-state index is -0.0443. The highest BCUT2D eigenvalue weighted by Gasteiger charge is 2.07. The topological polar surface area (TPSA) is 33.5 Å². The predicted molar refractivity (Wildman–Crippen MR) is 88.3 cm³/mol. The van der Waals surface area contributed by atoms with Gasteiger partial charge in [-0.3, -0.25) is 4.79 Å². The van der Waals surface area contributed by atoms with E-state index in [1.807, 2.05) is 24.3 Å².